The lowest BCUT2D eigenvalue weighted by molar-refractivity contribution is -0.397. The van der Waals surface area contributed by atoms with E-state index in [1.54, 1.807) is 0 Å². The highest BCUT2D eigenvalue weighted by Crippen LogP contribution is 2.29. The smallest absolute Gasteiger partial charge is 0.390 e. The molecule has 0 aliphatic rings. The Balaban J connectivity index is 2.21. The van der Waals surface area contributed by atoms with Crippen LogP contribution in [0.25, 0.3) is 0 Å². The fourth-order valence-corrected chi connectivity index (χ4v) is 2.66. The number of nitro groups is 1. The van der Waals surface area contributed by atoms with Crippen LogP contribution in [0.15, 0.2) is 65.4 Å². The van der Waals surface area contributed by atoms with Crippen molar-refractivity contribution in [1.29, 1.82) is 0 Å². The molecule has 0 saturated carbocycles. The van der Waals surface area contributed by atoms with Crippen molar-refractivity contribution >= 4 is 21.9 Å². The van der Waals surface area contributed by atoms with Crippen molar-refractivity contribution in [3.63, 3.8) is 0 Å². The van der Waals surface area contributed by atoms with Crippen molar-refractivity contribution in [3.05, 3.63) is 86.6 Å². The summed E-state index contributed by atoms with van der Waals surface area (Å²) in [5.41, 5.74) is 1.79. The standard InChI is InChI=1S/C15H11BrN4O2/c16-14-17-15(20(21)22)19(18-14)13(11-7-3-1-4-8-11)12-9-5-2-6-10-12/h1-10,13H. The van der Waals surface area contributed by atoms with Crippen LogP contribution in [0.4, 0.5) is 5.95 Å². The Hall–Kier alpha value is -2.54. The summed E-state index contributed by atoms with van der Waals surface area (Å²) in [5, 5.41) is 15.4. The van der Waals surface area contributed by atoms with Crippen LogP contribution in [0.2, 0.25) is 0 Å². The van der Waals surface area contributed by atoms with E-state index in [1.165, 1.54) is 4.68 Å². The predicted molar refractivity (Wildman–Crippen MR) is 84.5 cm³/mol. The molecule has 6 nitrogen and oxygen atoms in total. The fraction of sp³-hybridized carbons (Fsp3) is 0.0667. The molecule has 0 aliphatic heterocycles. The molecule has 0 N–H and O–H groups in total. The van der Waals surface area contributed by atoms with Gasteiger partial charge in [-0.05, 0) is 21.0 Å². The van der Waals surface area contributed by atoms with Crippen LogP contribution in [-0.4, -0.2) is 19.7 Å². The molecule has 0 saturated heterocycles. The number of hydrogen-bond donors (Lipinski definition) is 0. The molecule has 2 aromatic carbocycles. The van der Waals surface area contributed by atoms with E-state index in [0.29, 0.717) is 0 Å². The first-order chi connectivity index (χ1) is 10.7. The van der Waals surface area contributed by atoms with Crippen LogP contribution in [0.3, 0.4) is 0 Å². The topological polar surface area (TPSA) is 73.8 Å². The van der Waals surface area contributed by atoms with Crippen LogP contribution < -0.4 is 0 Å². The van der Waals surface area contributed by atoms with E-state index in [2.05, 4.69) is 26.0 Å². The van der Waals surface area contributed by atoms with Crippen LogP contribution in [0, 0.1) is 10.1 Å². The van der Waals surface area contributed by atoms with Crippen LogP contribution in [-0.2, 0) is 0 Å². The number of rotatable bonds is 4. The average Bonchev–Trinajstić information content (AvgIpc) is 2.92. The molecule has 0 unspecified atom stereocenters. The first kappa shape index (κ1) is 14.4. The Morgan fingerprint density at radius 1 is 1.00 bits per heavy atom. The maximum Gasteiger partial charge on any atom is 0.457 e. The minimum absolute atomic E-state index is 0.191. The second-order valence-corrected chi connectivity index (χ2v) is 5.32. The van der Waals surface area contributed by atoms with Crippen molar-refractivity contribution in [2.24, 2.45) is 0 Å². The molecule has 0 aliphatic carbocycles. The molecule has 7 heteroatoms. The highest BCUT2D eigenvalue weighted by Gasteiger charge is 2.30. The number of hydrogen-bond acceptors (Lipinski definition) is 4. The van der Waals surface area contributed by atoms with E-state index in [9.17, 15) is 10.1 Å². The monoisotopic (exact) mass is 358 g/mol. The normalized spacial score (nSPS) is 10.8. The molecule has 0 bridgehead atoms. The Morgan fingerprint density at radius 3 is 1.95 bits per heavy atom. The van der Waals surface area contributed by atoms with E-state index < -0.39 is 11.0 Å². The molecule has 1 aromatic heterocycles. The van der Waals surface area contributed by atoms with Gasteiger partial charge in [-0.25, -0.2) is 0 Å². The van der Waals surface area contributed by atoms with E-state index in [0.717, 1.165) is 11.1 Å². The van der Waals surface area contributed by atoms with Crippen molar-refractivity contribution in [1.82, 2.24) is 14.8 Å². The summed E-state index contributed by atoms with van der Waals surface area (Å²) in [4.78, 5) is 14.6. The summed E-state index contributed by atoms with van der Waals surface area (Å²) in [6.45, 7) is 0. The van der Waals surface area contributed by atoms with Crippen LogP contribution in [0.5, 0.6) is 0 Å². The highest BCUT2D eigenvalue weighted by atomic mass is 79.9. The van der Waals surface area contributed by atoms with Gasteiger partial charge < -0.3 is 10.1 Å². The summed E-state index contributed by atoms with van der Waals surface area (Å²) in [6, 6.07) is 18.6. The Labute approximate surface area is 134 Å². The fourth-order valence-electron chi connectivity index (χ4n) is 2.33. The highest BCUT2D eigenvalue weighted by molar-refractivity contribution is 9.10. The molecule has 3 aromatic rings. The van der Waals surface area contributed by atoms with Gasteiger partial charge in [0.1, 0.15) is 0 Å². The summed E-state index contributed by atoms with van der Waals surface area (Å²) < 4.78 is 1.52. The Kier molecular flexibility index (Phi) is 3.97. The van der Waals surface area contributed by atoms with Gasteiger partial charge in [0.05, 0.1) is 0 Å². The Bertz CT molecular complexity index is 750. The van der Waals surface area contributed by atoms with E-state index in [4.69, 9.17) is 0 Å². The molecule has 22 heavy (non-hydrogen) atoms. The molecule has 0 spiro atoms. The number of benzene rings is 2. The van der Waals surface area contributed by atoms with E-state index >= 15 is 0 Å². The van der Waals surface area contributed by atoms with Crippen LogP contribution in [0.1, 0.15) is 17.2 Å². The number of halogens is 1. The first-order valence-corrected chi connectivity index (χ1v) is 7.32. The van der Waals surface area contributed by atoms with Crippen molar-refractivity contribution < 1.29 is 4.92 Å². The lowest BCUT2D eigenvalue weighted by atomic mass is 9.99. The summed E-state index contributed by atoms with van der Waals surface area (Å²) in [5.74, 6) is -0.301. The maximum atomic E-state index is 11.3. The Morgan fingerprint density at radius 2 is 1.50 bits per heavy atom. The van der Waals surface area contributed by atoms with Crippen LogP contribution >= 0.6 is 15.9 Å². The van der Waals surface area contributed by atoms with E-state index in [-0.39, 0.29) is 10.7 Å². The quantitative estimate of drug-likeness (QED) is 0.527. The second-order valence-electron chi connectivity index (χ2n) is 4.61. The lowest BCUT2D eigenvalue weighted by Gasteiger charge is -2.15. The van der Waals surface area contributed by atoms with Gasteiger partial charge in [0.2, 0.25) is 0 Å². The molecular formula is C15H11BrN4O2. The molecule has 3 rings (SSSR count). The third kappa shape index (κ3) is 2.75. The summed E-state index contributed by atoms with van der Waals surface area (Å²) >= 11 is 3.12. The van der Waals surface area contributed by atoms with Gasteiger partial charge in [0, 0.05) is 15.9 Å². The third-order valence-electron chi connectivity index (χ3n) is 3.23. The van der Waals surface area contributed by atoms with Gasteiger partial charge in [-0.1, -0.05) is 65.8 Å². The molecule has 110 valence electrons. The number of nitrogens with zero attached hydrogens (tertiary/aromatic N) is 4. The minimum Gasteiger partial charge on any atom is -0.390 e. The molecule has 0 atom stereocenters. The predicted octanol–water partition coefficient (Wildman–Crippen LogP) is 3.59. The summed E-state index contributed by atoms with van der Waals surface area (Å²) in [6.07, 6.45) is 0. The van der Waals surface area contributed by atoms with Crippen molar-refractivity contribution in [2.45, 2.75) is 6.04 Å². The van der Waals surface area contributed by atoms with Gasteiger partial charge in [-0.2, -0.15) is 0 Å². The first-order valence-electron chi connectivity index (χ1n) is 6.53. The van der Waals surface area contributed by atoms with Crippen molar-refractivity contribution in [2.75, 3.05) is 0 Å². The zero-order valence-corrected chi connectivity index (χ0v) is 12.9. The van der Waals surface area contributed by atoms with Gasteiger partial charge in [0.15, 0.2) is 6.04 Å². The summed E-state index contributed by atoms with van der Waals surface area (Å²) in [7, 11) is 0. The average molecular weight is 359 g/mol. The largest absolute Gasteiger partial charge is 0.457 e. The molecule has 0 radical (unpaired) electrons. The van der Waals surface area contributed by atoms with Gasteiger partial charge in [0.25, 0.3) is 0 Å². The second kappa shape index (κ2) is 6.07. The number of aromatic nitrogens is 3. The lowest BCUT2D eigenvalue weighted by Crippen LogP contribution is -2.16. The molecule has 0 fully saturated rings. The molecule has 1 heterocycles. The van der Waals surface area contributed by atoms with Gasteiger partial charge >= 0.3 is 10.7 Å². The van der Waals surface area contributed by atoms with Gasteiger partial charge in [-0.3, -0.25) is 0 Å². The zero-order valence-electron chi connectivity index (χ0n) is 11.3. The van der Waals surface area contributed by atoms with Gasteiger partial charge in [-0.15, -0.1) is 4.68 Å². The zero-order chi connectivity index (χ0) is 15.5. The molecule has 0 amide bonds. The van der Waals surface area contributed by atoms with Crippen molar-refractivity contribution in [3.8, 4) is 0 Å². The van der Waals surface area contributed by atoms with E-state index in [1.807, 2.05) is 60.7 Å². The molecular weight excluding hydrogens is 348 g/mol. The maximum absolute atomic E-state index is 11.3. The minimum atomic E-state index is -0.531. The third-order valence-corrected chi connectivity index (χ3v) is 3.56. The SMILES string of the molecule is O=[N+]([O-])c1nc(Br)nn1C(c1ccccc1)c1ccccc1.